The van der Waals surface area contributed by atoms with Gasteiger partial charge in [0.15, 0.2) is 0 Å². The van der Waals surface area contributed by atoms with Crippen molar-refractivity contribution < 1.29 is 0 Å². The predicted octanol–water partition coefficient (Wildman–Crippen LogP) is 5.28. The van der Waals surface area contributed by atoms with Crippen LogP contribution in [-0.4, -0.2) is 21.9 Å². The molecule has 3 aromatic carbocycles. The van der Waals surface area contributed by atoms with Crippen LogP contribution in [0.1, 0.15) is 17.0 Å². The van der Waals surface area contributed by atoms with Crippen molar-refractivity contribution in [2.75, 3.05) is 0 Å². The van der Waals surface area contributed by atoms with E-state index in [0.717, 1.165) is 33.7 Å². The molecule has 4 aromatic rings. The van der Waals surface area contributed by atoms with Crippen LogP contribution in [0, 0.1) is 0 Å². The smallest absolute Gasteiger partial charge is 0.113 e. The minimum absolute atomic E-state index is 0.566. The SMILES string of the molecule is Clc1ccc(/C=N\N=C(/Cc2nc3ccccc3[nH]2)c2ccccc2)cc1. The molecule has 1 N–H and O–H groups in total. The Morgan fingerprint density at radius 2 is 1.67 bits per heavy atom. The van der Waals surface area contributed by atoms with Gasteiger partial charge < -0.3 is 4.98 Å². The van der Waals surface area contributed by atoms with E-state index < -0.39 is 0 Å². The number of rotatable bonds is 5. The van der Waals surface area contributed by atoms with Gasteiger partial charge in [0.1, 0.15) is 5.82 Å². The van der Waals surface area contributed by atoms with Crippen molar-refractivity contribution in [2.24, 2.45) is 10.2 Å². The summed E-state index contributed by atoms with van der Waals surface area (Å²) in [5, 5.41) is 9.45. The number of aromatic amines is 1. The van der Waals surface area contributed by atoms with E-state index in [9.17, 15) is 0 Å². The minimum atomic E-state index is 0.566. The molecule has 0 fully saturated rings. The number of fused-ring (bicyclic) bond motifs is 1. The number of nitrogens with zero attached hydrogens (tertiary/aromatic N) is 3. The summed E-state index contributed by atoms with van der Waals surface area (Å²) in [7, 11) is 0. The van der Waals surface area contributed by atoms with Gasteiger partial charge in [0, 0.05) is 5.02 Å². The first-order valence-corrected chi connectivity index (χ1v) is 9.00. The standard InChI is InChI=1S/C22H17ClN4/c23-18-12-10-16(11-13-18)15-24-27-21(17-6-2-1-3-7-17)14-22-25-19-8-4-5-9-20(19)26-22/h1-13,15H,14H2,(H,25,26)/b24-15-,27-21+. The second kappa shape index (κ2) is 7.98. The van der Waals surface area contributed by atoms with Crippen LogP contribution in [0.25, 0.3) is 11.0 Å². The Morgan fingerprint density at radius 3 is 2.44 bits per heavy atom. The van der Waals surface area contributed by atoms with E-state index in [0.29, 0.717) is 11.4 Å². The van der Waals surface area contributed by atoms with E-state index in [1.54, 1.807) is 6.21 Å². The Balaban J connectivity index is 1.63. The molecule has 1 heterocycles. The lowest BCUT2D eigenvalue weighted by atomic mass is 10.1. The third-order valence-corrected chi connectivity index (χ3v) is 4.39. The molecule has 1 aromatic heterocycles. The summed E-state index contributed by atoms with van der Waals surface area (Å²) in [4.78, 5) is 8.00. The van der Waals surface area contributed by atoms with Gasteiger partial charge in [-0.3, -0.25) is 0 Å². The number of nitrogens with one attached hydrogen (secondary N) is 1. The molecule has 0 aliphatic rings. The third kappa shape index (κ3) is 4.30. The lowest BCUT2D eigenvalue weighted by Gasteiger charge is -2.03. The number of H-pyrrole nitrogens is 1. The quantitative estimate of drug-likeness (QED) is 0.376. The summed E-state index contributed by atoms with van der Waals surface area (Å²) in [6, 6.07) is 25.5. The Morgan fingerprint density at radius 1 is 0.926 bits per heavy atom. The molecule has 27 heavy (non-hydrogen) atoms. The molecule has 0 aliphatic carbocycles. The number of imidazole rings is 1. The molecule has 132 valence electrons. The lowest BCUT2D eigenvalue weighted by Crippen LogP contribution is -2.06. The minimum Gasteiger partial charge on any atom is -0.342 e. The van der Waals surface area contributed by atoms with Crippen LogP contribution in [0.2, 0.25) is 5.02 Å². The van der Waals surface area contributed by atoms with Crippen molar-refractivity contribution in [3.05, 3.63) is 101 Å². The largest absolute Gasteiger partial charge is 0.342 e. The van der Waals surface area contributed by atoms with Crippen LogP contribution < -0.4 is 0 Å². The summed E-state index contributed by atoms with van der Waals surface area (Å²) < 4.78 is 0. The number of aromatic nitrogens is 2. The lowest BCUT2D eigenvalue weighted by molar-refractivity contribution is 1.08. The zero-order valence-electron chi connectivity index (χ0n) is 14.5. The highest BCUT2D eigenvalue weighted by Crippen LogP contribution is 2.13. The Kier molecular flexibility index (Phi) is 5.08. The van der Waals surface area contributed by atoms with Crippen molar-refractivity contribution >= 4 is 34.6 Å². The fraction of sp³-hybridized carbons (Fsp3) is 0.0455. The molecule has 0 atom stereocenters. The number of benzene rings is 3. The first-order valence-electron chi connectivity index (χ1n) is 8.62. The zero-order valence-corrected chi connectivity index (χ0v) is 15.3. The van der Waals surface area contributed by atoms with Gasteiger partial charge in [-0.15, -0.1) is 0 Å². The Bertz CT molecular complexity index is 1060. The number of para-hydroxylation sites is 2. The van der Waals surface area contributed by atoms with Crippen molar-refractivity contribution in [2.45, 2.75) is 6.42 Å². The van der Waals surface area contributed by atoms with Crippen LogP contribution in [0.4, 0.5) is 0 Å². The first kappa shape index (κ1) is 17.2. The topological polar surface area (TPSA) is 53.4 Å². The Hall–Kier alpha value is -3.24. The number of halogens is 1. The van der Waals surface area contributed by atoms with Crippen LogP contribution in [0.3, 0.4) is 0 Å². The van der Waals surface area contributed by atoms with Crippen LogP contribution in [0.15, 0.2) is 89.1 Å². The van der Waals surface area contributed by atoms with Crippen molar-refractivity contribution in [3.63, 3.8) is 0 Å². The molecule has 4 nitrogen and oxygen atoms in total. The first-order chi connectivity index (χ1) is 13.3. The van der Waals surface area contributed by atoms with Gasteiger partial charge in [-0.25, -0.2) is 4.98 Å². The van der Waals surface area contributed by atoms with Gasteiger partial charge in [-0.2, -0.15) is 10.2 Å². The fourth-order valence-electron chi connectivity index (χ4n) is 2.79. The molecule has 0 aliphatic heterocycles. The number of hydrogen-bond acceptors (Lipinski definition) is 3. The van der Waals surface area contributed by atoms with E-state index in [1.807, 2.05) is 78.9 Å². The van der Waals surface area contributed by atoms with E-state index >= 15 is 0 Å². The summed E-state index contributed by atoms with van der Waals surface area (Å²) >= 11 is 5.92. The predicted molar refractivity (Wildman–Crippen MR) is 112 cm³/mol. The fourth-order valence-corrected chi connectivity index (χ4v) is 2.91. The van der Waals surface area contributed by atoms with Gasteiger partial charge >= 0.3 is 0 Å². The molecule has 4 rings (SSSR count). The monoisotopic (exact) mass is 372 g/mol. The van der Waals surface area contributed by atoms with Crippen LogP contribution in [-0.2, 0) is 6.42 Å². The molecular formula is C22H17ClN4. The maximum Gasteiger partial charge on any atom is 0.113 e. The molecule has 5 heteroatoms. The molecule has 0 saturated heterocycles. The summed E-state index contributed by atoms with van der Waals surface area (Å²) in [6.45, 7) is 0. The zero-order chi connectivity index (χ0) is 18.5. The van der Waals surface area contributed by atoms with E-state index in [1.165, 1.54) is 0 Å². The highest BCUT2D eigenvalue weighted by atomic mass is 35.5. The highest BCUT2D eigenvalue weighted by molar-refractivity contribution is 6.30. The van der Waals surface area contributed by atoms with Gasteiger partial charge in [0.2, 0.25) is 0 Å². The van der Waals surface area contributed by atoms with Crippen molar-refractivity contribution in [1.29, 1.82) is 0 Å². The third-order valence-electron chi connectivity index (χ3n) is 4.14. The van der Waals surface area contributed by atoms with Crippen LogP contribution in [0.5, 0.6) is 0 Å². The van der Waals surface area contributed by atoms with Crippen molar-refractivity contribution in [1.82, 2.24) is 9.97 Å². The maximum atomic E-state index is 5.92. The van der Waals surface area contributed by atoms with Gasteiger partial charge in [-0.05, 0) is 35.4 Å². The highest BCUT2D eigenvalue weighted by Gasteiger charge is 2.09. The summed E-state index contributed by atoms with van der Waals surface area (Å²) in [6.07, 6.45) is 2.29. The molecule has 0 unspecified atom stereocenters. The van der Waals surface area contributed by atoms with E-state index in [2.05, 4.69) is 20.2 Å². The molecule has 0 amide bonds. The Labute approximate surface area is 162 Å². The van der Waals surface area contributed by atoms with Gasteiger partial charge in [0.25, 0.3) is 0 Å². The molecule has 0 saturated carbocycles. The normalized spacial score (nSPS) is 12.1. The molecule has 0 radical (unpaired) electrons. The number of hydrogen-bond donors (Lipinski definition) is 1. The molecule has 0 spiro atoms. The average molecular weight is 373 g/mol. The van der Waals surface area contributed by atoms with Gasteiger partial charge in [0.05, 0.1) is 29.4 Å². The van der Waals surface area contributed by atoms with E-state index in [-0.39, 0.29) is 0 Å². The average Bonchev–Trinajstić information content (AvgIpc) is 3.12. The van der Waals surface area contributed by atoms with Crippen LogP contribution >= 0.6 is 11.6 Å². The summed E-state index contributed by atoms with van der Waals surface area (Å²) in [5.74, 6) is 0.862. The second-order valence-corrected chi connectivity index (χ2v) is 6.52. The van der Waals surface area contributed by atoms with Crippen molar-refractivity contribution in [3.8, 4) is 0 Å². The molecular weight excluding hydrogens is 356 g/mol. The van der Waals surface area contributed by atoms with E-state index in [4.69, 9.17) is 11.6 Å². The second-order valence-electron chi connectivity index (χ2n) is 6.09. The van der Waals surface area contributed by atoms with Gasteiger partial charge in [-0.1, -0.05) is 66.2 Å². The summed E-state index contributed by atoms with van der Waals surface area (Å²) in [5.41, 5.74) is 4.78. The maximum absolute atomic E-state index is 5.92. The molecule has 0 bridgehead atoms.